The molecule has 23 heavy (non-hydrogen) atoms. The predicted octanol–water partition coefficient (Wildman–Crippen LogP) is 2.07. The summed E-state index contributed by atoms with van der Waals surface area (Å²) in [7, 11) is 0. The van der Waals surface area contributed by atoms with Crippen LogP contribution in [0, 0.1) is 18.8 Å². The molecule has 6 nitrogen and oxygen atoms in total. The Morgan fingerprint density at radius 1 is 1.43 bits per heavy atom. The molecule has 0 spiro atoms. The number of ether oxygens (including phenoxy) is 1. The number of hydrogen-bond donors (Lipinski definition) is 1. The van der Waals surface area contributed by atoms with Crippen LogP contribution in [0.5, 0.6) is 5.75 Å². The van der Waals surface area contributed by atoms with Crippen molar-refractivity contribution in [3.05, 3.63) is 41.5 Å². The van der Waals surface area contributed by atoms with Gasteiger partial charge in [0.05, 0.1) is 12.7 Å². The summed E-state index contributed by atoms with van der Waals surface area (Å²) in [6.07, 6.45) is 3.87. The number of amides is 1. The zero-order valence-electron chi connectivity index (χ0n) is 12.8. The summed E-state index contributed by atoms with van der Waals surface area (Å²) >= 11 is 0. The number of aryl methyl sites for hydroxylation is 1. The lowest BCUT2D eigenvalue weighted by molar-refractivity contribution is 0.0949. The van der Waals surface area contributed by atoms with E-state index in [1.54, 1.807) is 12.3 Å². The second kappa shape index (κ2) is 6.97. The standard InChI is InChI=1S/C17H17N3O3/c1-12-4-7-14(11-19-12)22-9-3-2-8-18-17(21)15-10-16(23-20-15)13-5-6-13/h4,7,10-11,13H,5-6,8-9H2,1H3,(H,18,21). The molecular weight excluding hydrogens is 294 g/mol. The van der Waals surface area contributed by atoms with Crippen LogP contribution in [0.1, 0.15) is 40.7 Å². The minimum atomic E-state index is -0.279. The fourth-order valence-electron chi connectivity index (χ4n) is 1.94. The van der Waals surface area contributed by atoms with Gasteiger partial charge in [-0.15, -0.1) is 0 Å². The molecule has 1 aliphatic carbocycles. The summed E-state index contributed by atoms with van der Waals surface area (Å²) in [4.78, 5) is 16.0. The SMILES string of the molecule is Cc1ccc(OCC#CCNC(=O)c2cc(C3CC3)on2)cn1. The molecule has 1 amide bonds. The highest BCUT2D eigenvalue weighted by atomic mass is 16.5. The van der Waals surface area contributed by atoms with Gasteiger partial charge in [0, 0.05) is 17.7 Å². The molecule has 1 saturated carbocycles. The molecule has 118 valence electrons. The Morgan fingerprint density at radius 3 is 3.04 bits per heavy atom. The van der Waals surface area contributed by atoms with Gasteiger partial charge in [0.15, 0.2) is 5.69 Å². The molecule has 1 N–H and O–H groups in total. The van der Waals surface area contributed by atoms with E-state index in [0.29, 0.717) is 17.4 Å². The summed E-state index contributed by atoms with van der Waals surface area (Å²) in [6, 6.07) is 5.42. The molecule has 2 aromatic heterocycles. The van der Waals surface area contributed by atoms with E-state index in [0.717, 1.165) is 24.3 Å². The number of pyridine rings is 1. The fraction of sp³-hybridized carbons (Fsp3) is 0.353. The van der Waals surface area contributed by atoms with Crippen molar-refractivity contribution in [1.29, 1.82) is 0 Å². The Hall–Kier alpha value is -2.81. The van der Waals surface area contributed by atoms with Crippen LogP contribution in [0.25, 0.3) is 0 Å². The monoisotopic (exact) mass is 311 g/mol. The van der Waals surface area contributed by atoms with Gasteiger partial charge in [-0.3, -0.25) is 9.78 Å². The summed E-state index contributed by atoms with van der Waals surface area (Å²) in [5.41, 5.74) is 1.24. The van der Waals surface area contributed by atoms with Crippen molar-refractivity contribution < 1.29 is 14.1 Å². The highest BCUT2D eigenvalue weighted by Gasteiger charge is 2.28. The van der Waals surface area contributed by atoms with Gasteiger partial charge < -0.3 is 14.6 Å². The molecule has 0 bridgehead atoms. The topological polar surface area (TPSA) is 77.2 Å². The van der Waals surface area contributed by atoms with E-state index in [-0.39, 0.29) is 19.1 Å². The van der Waals surface area contributed by atoms with Gasteiger partial charge in [0.2, 0.25) is 0 Å². The minimum absolute atomic E-state index is 0.236. The van der Waals surface area contributed by atoms with Gasteiger partial charge >= 0.3 is 0 Å². The van der Waals surface area contributed by atoms with Gasteiger partial charge in [-0.1, -0.05) is 17.0 Å². The first kappa shape index (κ1) is 15.1. The average Bonchev–Trinajstić information content (AvgIpc) is 3.29. The van der Waals surface area contributed by atoms with Crippen LogP contribution in [0.15, 0.2) is 28.9 Å². The molecule has 0 aromatic carbocycles. The maximum Gasteiger partial charge on any atom is 0.274 e. The quantitative estimate of drug-likeness (QED) is 0.855. The Kier molecular flexibility index (Phi) is 4.57. The molecule has 0 radical (unpaired) electrons. The first-order chi connectivity index (χ1) is 11.2. The summed E-state index contributed by atoms with van der Waals surface area (Å²) in [6.45, 7) is 2.39. The van der Waals surface area contributed by atoms with Gasteiger partial charge in [-0.05, 0) is 31.9 Å². The molecule has 1 fully saturated rings. The average molecular weight is 311 g/mol. The smallest absolute Gasteiger partial charge is 0.274 e. The highest BCUT2D eigenvalue weighted by Crippen LogP contribution is 2.40. The van der Waals surface area contributed by atoms with Gasteiger partial charge in [-0.2, -0.15) is 0 Å². The molecule has 0 saturated heterocycles. The van der Waals surface area contributed by atoms with Crippen molar-refractivity contribution in [2.75, 3.05) is 13.2 Å². The van der Waals surface area contributed by atoms with E-state index in [1.807, 2.05) is 19.1 Å². The zero-order chi connectivity index (χ0) is 16.1. The highest BCUT2D eigenvalue weighted by molar-refractivity contribution is 5.92. The van der Waals surface area contributed by atoms with Crippen molar-refractivity contribution >= 4 is 5.91 Å². The van der Waals surface area contributed by atoms with Crippen LogP contribution < -0.4 is 10.1 Å². The van der Waals surface area contributed by atoms with Crippen LogP contribution in [0.2, 0.25) is 0 Å². The van der Waals surface area contributed by atoms with E-state index >= 15 is 0 Å². The first-order valence-electron chi connectivity index (χ1n) is 7.48. The fourth-order valence-corrected chi connectivity index (χ4v) is 1.94. The number of aromatic nitrogens is 2. The van der Waals surface area contributed by atoms with Gasteiger partial charge in [0.25, 0.3) is 5.91 Å². The summed E-state index contributed by atoms with van der Waals surface area (Å²) in [5, 5.41) is 6.45. The minimum Gasteiger partial charge on any atom is -0.479 e. The molecule has 1 aliphatic rings. The van der Waals surface area contributed by atoms with E-state index in [9.17, 15) is 4.79 Å². The van der Waals surface area contributed by atoms with Crippen molar-refractivity contribution in [2.45, 2.75) is 25.7 Å². The molecule has 0 atom stereocenters. The summed E-state index contributed by atoms with van der Waals surface area (Å²) < 4.78 is 10.6. The second-order valence-electron chi connectivity index (χ2n) is 5.35. The van der Waals surface area contributed by atoms with Crippen molar-refractivity contribution in [3.8, 4) is 17.6 Å². The Morgan fingerprint density at radius 2 is 2.30 bits per heavy atom. The lowest BCUT2D eigenvalue weighted by Gasteiger charge is -2.00. The number of nitrogens with zero attached hydrogens (tertiary/aromatic N) is 2. The maximum absolute atomic E-state index is 11.8. The normalized spacial score (nSPS) is 13.1. The van der Waals surface area contributed by atoms with E-state index < -0.39 is 0 Å². The maximum atomic E-state index is 11.8. The van der Waals surface area contributed by atoms with Crippen LogP contribution in [0.3, 0.4) is 0 Å². The molecule has 3 rings (SSSR count). The number of nitrogens with one attached hydrogen (secondary N) is 1. The number of carbonyl (C=O) groups is 1. The van der Waals surface area contributed by atoms with Crippen molar-refractivity contribution in [3.63, 3.8) is 0 Å². The second-order valence-corrected chi connectivity index (χ2v) is 5.35. The number of hydrogen-bond acceptors (Lipinski definition) is 5. The molecular formula is C17H17N3O3. The Labute approximate surface area is 134 Å². The molecule has 2 aromatic rings. The van der Waals surface area contributed by atoms with Crippen molar-refractivity contribution in [1.82, 2.24) is 15.5 Å². The zero-order valence-corrected chi connectivity index (χ0v) is 12.8. The Balaban J connectivity index is 1.38. The number of rotatable bonds is 5. The van der Waals surface area contributed by atoms with Gasteiger partial charge in [-0.25, -0.2) is 0 Å². The third kappa shape index (κ3) is 4.33. The van der Waals surface area contributed by atoms with Crippen LogP contribution in [0.4, 0.5) is 0 Å². The molecule has 6 heteroatoms. The number of carbonyl (C=O) groups excluding carboxylic acids is 1. The predicted molar refractivity (Wildman–Crippen MR) is 83.1 cm³/mol. The Bertz CT molecular complexity index is 736. The summed E-state index contributed by atoms with van der Waals surface area (Å²) in [5.74, 6) is 7.28. The molecule has 0 unspecified atom stereocenters. The third-order valence-electron chi connectivity index (χ3n) is 3.40. The largest absolute Gasteiger partial charge is 0.479 e. The van der Waals surface area contributed by atoms with E-state index in [2.05, 4.69) is 27.3 Å². The van der Waals surface area contributed by atoms with Gasteiger partial charge in [0.1, 0.15) is 18.1 Å². The van der Waals surface area contributed by atoms with E-state index in [4.69, 9.17) is 9.26 Å². The first-order valence-corrected chi connectivity index (χ1v) is 7.48. The van der Waals surface area contributed by atoms with Crippen LogP contribution in [-0.2, 0) is 0 Å². The van der Waals surface area contributed by atoms with E-state index in [1.165, 1.54) is 0 Å². The lowest BCUT2D eigenvalue weighted by atomic mass is 10.3. The molecule has 0 aliphatic heterocycles. The van der Waals surface area contributed by atoms with Crippen LogP contribution in [-0.4, -0.2) is 29.2 Å². The van der Waals surface area contributed by atoms with Crippen LogP contribution >= 0.6 is 0 Å². The van der Waals surface area contributed by atoms with Crippen molar-refractivity contribution in [2.24, 2.45) is 0 Å². The third-order valence-corrected chi connectivity index (χ3v) is 3.40. The lowest BCUT2D eigenvalue weighted by Crippen LogP contribution is -2.23. The molecule has 2 heterocycles.